The molecule has 20 nitrogen and oxygen atoms in total. The molecule has 4 rings (SSSR count). The van der Waals surface area contributed by atoms with E-state index in [1.54, 1.807) is 86.6 Å². The number of hydrogen-bond acceptors (Lipinski definition) is 15. The Morgan fingerprint density at radius 2 is 1.32 bits per heavy atom. The van der Waals surface area contributed by atoms with Crippen LogP contribution < -0.4 is 36.1 Å². The maximum absolute atomic E-state index is 15.4. The van der Waals surface area contributed by atoms with Crippen molar-refractivity contribution in [1.82, 2.24) is 26.6 Å². The average Bonchev–Trinajstić information content (AvgIpc) is 3.27. The zero-order valence-corrected chi connectivity index (χ0v) is 43.6. The van der Waals surface area contributed by atoms with E-state index >= 15 is 4.39 Å². The molecular weight excluding hydrogens is 952 g/mol. The number of nitrogens with zero attached hydrogens (tertiary/aromatic N) is 1. The molecule has 2 atom stereocenters. The standard InChI is InChI=1S/C52H73FN6O14/c1-33-39-32-43(70-37-17-18-38(40(53)31-37)34-13-15-35(16-14-34)45(61)62)42(30-36(39)19-21-54-33)69-29-28-68-27-26-67-25-24-66-23-22-55-44(60)41(57-47(63)71-50(2,3)4)12-11-20-56-46(58-48(64)72-51(5,6)7)59-49(65)73-52(8,9)10/h13-18,30-33,41,54H,11-12,19-29H2,1-10H3,(H,55,60)(H,57,63)(H,61,62)(H2,56,58,59,64,65)/t33-,41-/m0/s1. The topological polar surface area (TPSA) is 252 Å². The number of nitrogens with one attached hydrogen (secondary N) is 5. The van der Waals surface area contributed by atoms with Crippen LogP contribution in [0.2, 0.25) is 0 Å². The van der Waals surface area contributed by atoms with Crippen LogP contribution in [-0.4, -0.2) is 130 Å². The first-order chi connectivity index (χ1) is 34.4. The van der Waals surface area contributed by atoms with E-state index in [2.05, 4.69) is 38.5 Å². The Bertz CT molecular complexity index is 2310. The summed E-state index contributed by atoms with van der Waals surface area (Å²) < 4.78 is 60.6. The lowest BCUT2D eigenvalue weighted by Gasteiger charge is -2.26. The number of carbonyl (C=O) groups is 5. The first-order valence-corrected chi connectivity index (χ1v) is 24.2. The highest BCUT2D eigenvalue weighted by Gasteiger charge is 2.26. The van der Waals surface area contributed by atoms with E-state index < -0.39 is 58.8 Å². The van der Waals surface area contributed by atoms with E-state index in [4.69, 9.17) is 37.9 Å². The summed E-state index contributed by atoms with van der Waals surface area (Å²) in [5.41, 5.74) is 0.681. The molecular formula is C52H73FN6O14. The van der Waals surface area contributed by atoms with Gasteiger partial charge in [0.05, 0.1) is 45.2 Å². The lowest BCUT2D eigenvalue weighted by atomic mass is 9.94. The molecule has 3 aromatic carbocycles. The maximum atomic E-state index is 15.4. The van der Waals surface area contributed by atoms with Crippen molar-refractivity contribution in [2.45, 2.75) is 117 Å². The number of rotatable bonds is 23. The first kappa shape index (κ1) is 59.0. The monoisotopic (exact) mass is 1020 g/mol. The minimum absolute atomic E-state index is 0.0335. The lowest BCUT2D eigenvalue weighted by molar-refractivity contribution is -0.123. The average molecular weight is 1030 g/mol. The summed E-state index contributed by atoms with van der Waals surface area (Å²) in [5.74, 6) is -1.11. The summed E-state index contributed by atoms with van der Waals surface area (Å²) in [4.78, 5) is 66.3. The van der Waals surface area contributed by atoms with Gasteiger partial charge < -0.3 is 59.0 Å². The normalized spacial score (nSPS) is 13.9. The van der Waals surface area contributed by atoms with Crippen molar-refractivity contribution in [3.8, 4) is 28.4 Å². The number of benzene rings is 3. The number of carbonyl (C=O) groups excluding carboxylic acids is 4. The summed E-state index contributed by atoms with van der Waals surface area (Å²) in [5, 5.41) is 22.8. The van der Waals surface area contributed by atoms with Crippen molar-refractivity contribution in [1.29, 1.82) is 0 Å². The summed E-state index contributed by atoms with van der Waals surface area (Å²) in [7, 11) is 0. The molecule has 0 unspecified atom stereocenters. The molecule has 1 heterocycles. The number of alkyl carbamates (subject to hydrolysis) is 3. The third kappa shape index (κ3) is 22.4. The quantitative estimate of drug-likeness (QED) is 0.0229. The number of amides is 4. The molecule has 6 N–H and O–H groups in total. The van der Waals surface area contributed by atoms with Crippen molar-refractivity contribution in [2.75, 3.05) is 65.9 Å². The number of aromatic carboxylic acids is 1. The van der Waals surface area contributed by atoms with E-state index in [0.29, 0.717) is 35.8 Å². The predicted octanol–water partition coefficient (Wildman–Crippen LogP) is 7.81. The van der Waals surface area contributed by atoms with Crippen LogP contribution in [0.4, 0.5) is 18.8 Å². The van der Waals surface area contributed by atoms with Gasteiger partial charge in [0.2, 0.25) is 11.9 Å². The zero-order chi connectivity index (χ0) is 53.8. The van der Waals surface area contributed by atoms with Crippen LogP contribution in [0.1, 0.15) is 110 Å². The van der Waals surface area contributed by atoms with Gasteiger partial charge in [0.25, 0.3) is 0 Å². The second-order valence-corrected chi connectivity index (χ2v) is 19.9. The van der Waals surface area contributed by atoms with Crippen molar-refractivity contribution in [3.05, 3.63) is 77.1 Å². The molecule has 3 aromatic rings. The SMILES string of the molecule is C[C@@H]1NCCc2cc(OCCOCCOCCOCCNC(=O)[C@H](CCCN=C(NC(=O)OC(C)(C)C)NC(=O)OC(C)(C)C)NC(=O)OC(C)(C)C)c(Oc3ccc(-c4ccc(C(=O)O)cc4)c(F)c3)cc21. The molecule has 0 fully saturated rings. The van der Waals surface area contributed by atoms with Crippen molar-refractivity contribution in [3.63, 3.8) is 0 Å². The molecule has 73 heavy (non-hydrogen) atoms. The van der Waals surface area contributed by atoms with Crippen LogP contribution in [0, 0.1) is 5.82 Å². The van der Waals surface area contributed by atoms with E-state index in [1.165, 1.54) is 18.2 Å². The van der Waals surface area contributed by atoms with Gasteiger partial charge in [-0.3, -0.25) is 20.4 Å². The number of hydrogen-bond donors (Lipinski definition) is 6. The summed E-state index contributed by atoms with van der Waals surface area (Å²) in [6.07, 6.45) is -1.31. The zero-order valence-electron chi connectivity index (χ0n) is 43.6. The van der Waals surface area contributed by atoms with E-state index in [1.807, 2.05) is 12.1 Å². The van der Waals surface area contributed by atoms with Gasteiger partial charge >= 0.3 is 24.2 Å². The number of ether oxygens (including phenoxy) is 8. The third-order valence-electron chi connectivity index (χ3n) is 10.1. The number of guanidine groups is 1. The molecule has 4 amide bonds. The van der Waals surface area contributed by atoms with Gasteiger partial charge in [0.1, 0.15) is 41.0 Å². The fourth-order valence-electron chi connectivity index (χ4n) is 6.91. The molecule has 0 radical (unpaired) electrons. The van der Waals surface area contributed by atoms with Crippen molar-refractivity contribution >= 4 is 36.1 Å². The molecule has 0 spiro atoms. The van der Waals surface area contributed by atoms with Crippen molar-refractivity contribution in [2.24, 2.45) is 4.99 Å². The third-order valence-corrected chi connectivity index (χ3v) is 10.1. The fourth-order valence-corrected chi connectivity index (χ4v) is 6.91. The largest absolute Gasteiger partial charge is 0.487 e. The maximum Gasteiger partial charge on any atom is 0.414 e. The van der Waals surface area contributed by atoms with Gasteiger partial charge in [-0.25, -0.2) is 23.6 Å². The van der Waals surface area contributed by atoms with Gasteiger partial charge in [-0.05, 0) is 148 Å². The Labute approximate surface area is 426 Å². The fraction of sp³-hybridized carbons (Fsp3) is 0.538. The van der Waals surface area contributed by atoms with E-state index in [9.17, 15) is 29.1 Å². The number of carboxylic acid groups (broad SMARTS) is 1. The summed E-state index contributed by atoms with van der Waals surface area (Å²) in [6, 6.07) is 13.4. The highest BCUT2D eigenvalue weighted by molar-refractivity contribution is 6.01. The van der Waals surface area contributed by atoms with Gasteiger partial charge in [0, 0.05) is 30.8 Å². The number of carboxylic acids is 1. The van der Waals surface area contributed by atoms with Crippen LogP contribution in [0.3, 0.4) is 0 Å². The number of aliphatic imine (C=N–C) groups is 1. The first-order valence-electron chi connectivity index (χ1n) is 24.2. The molecule has 0 saturated carbocycles. The Kier molecular flexibility index (Phi) is 22.7. The van der Waals surface area contributed by atoms with Crippen LogP contribution in [0.5, 0.6) is 17.2 Å². The highest BCUT2D eigenvalue weighted by Crippen LogP contribution is 2.39. The van der Waals surface area contributed by atoms with Gasteiger partial charge in [-0.1, -0.05) is 12.1 Å². The molecule has 0 saturated heterocycles. The van der Waals surface area contributed by atoms with Gasteiger partial charge in [0.15, 0.2) is 11.5 Å². The molecule has 21 heteroatoms. The Morgan fingerprint density at radius 3 is 1.89 bits per heavy atom. The Hall–Kier alpha value is -6.55. The molecule has 1 aliphatic heterocycles. The van der Waals surface area contributed by atoms with Gasteiger partial charge in [-0.2, -0.15) is 0 Å². The van der Waals surface area contributed by atoms with E-state index in [-0.39, 0.29) is 82.3 Å². The lowest BCUT2D eigenvalue weighted by Crippen LogP contribution is -2.49. The van der Waals surface area contributed by atoms with Crippen LogP contribution in [-0.2, 0) is 39.6 Å². The van der Waals surface area contributed by atoms with Gasteiger partial charge in [-0.15, -0.1) is 0 Å². The second kappa shape index (κ2) is 28.0. The molecule has 0 aromatic heterocycles. The molecule has 1 aliphatic rings. The van der Waals surface area contributed by atoms with Crippen molar-refractivity contribution < 1.29 is 71.4 Å². The molecule has 0 bridgehead atoms. The summed E-state index contributed by atoms with van der Waals surface area (Å²) >= 11 is 0. The Morgan fingerprint density at radius 1 is 0.740 bits per heavy atom. The minimum atomic E-state index is -1.06. The number of fused-ring (bicyclic) bond motifs is 1. The van der Waals surface area contributed by atoms with Crippen LogP contribution in [0.15, 0.2) is 59.6 Å². The van der Waals surface area contributed by atoms with Crippen LogP contribution in [0.25, 0.3) is 11.1 Å². The predicted molar refractivity (Wildman–Crippen MR) is 270 cm³/mol. The molecule has 402 valence electrons. The number of halogens is 1. The smallest absolute Gasteiger partial charge is 0.414 e. The highest BCUT2D eigenvalue weighted by atomic mass is 19.1. The Balaban J connectivity index is 1.18. The van der Waals surface area contributed by atoms with E-state index in [0.717, 1.165) is 24.1 Å². The molecule has 0 aliphatic carbocycles. The summed E-state index contributed by atoms with van der Waals surface area (Å²) in [6.45, 7) is 20.0. The van der Waals surface area contributed by atoms with Crippen LogP contribution >= 0.6 is 0 Å². The second-order valence-electron chi connectivity index (χ2n) is 19.9. The minimum Gasteiger partial charge on any atom is -0.487 e.